The van der Waals surface area contributed by atoms with E-state index in [1.54, 1.807) is 48.5 Å². The molecule has 1 saturated heterocycles. The summed E-state index contributed by atoms with van der Waals surface area (Å²) in [6.45, 7) is 0. The van der Waals surface area contributed by atoms with E-state index >= 15 is 0 Å². The first-order valence-corrected chi connectivity index (χ1v) is 12.3. The molecule has 7 nitrogen and oxygen atoms in total. The molecule has 0 saturated carbocycles. The molecule has 38 heavy (non-hydrogen) atoms. The molecule has 0 unspecified atom stereocenters. The highest BCUT2D eigenvalue weighted by atomic mass is 35.5. The maximum absolute atomic E-state index is 14.3. The maximum atomic E-state index is 14.3. The molecule has 0 aliphatic carbocycles. The summed E-state index contributed by atoms with van der Waals surface area (Å²) >= 11 is 6.28. The predicted molar refractivity (Wildman–Crippen MR) is 144 cm³/mol. The Kier molecular flexibility index (Phi) is 6.48. The number of rotatable bonds is 6. The zero-order valence-corrected chi connectivity index (χ0v) is 21.8. The quantitative estimate of drug-likeness (QED) is 0.384. The van der Waals surface area contributed by atoms with Crippen molar-refractivity contribution < 1.29 is 19.0 Å². The van der Waals surface area contributed by atoms with Gasteiger partial charge in [0, 0.05) is 22.2 Å². The number of fused-ring (bicyclic) bond motifs is 3. The highest BCUT2D eigenvalue weighted by Gasteiger charge is 2.63. The summed E-state index contributed by atoms with van der Waals surface area (Å²) in [5.41, 5.74) is 0.935. The van der Waals surface area contributed by atoms with E-state index in [4.69, 9.17) is 25.8 Å². The van der Waals surface area contributed by atoms with Crippen LogP contribution in [0.15, 0.2) is 66.7 Å². The van der Waals surface area contributed by atoms with Gasteiger partial charge >= 0.3 is 0 Å². The number of carbonyl (C=O) groups is 1. The molecule has 2 heterocycles. The molecule has 190 valence electrons. The highest BCUT2D eigenvalue weighted by Crippen LogP contribution is 2.57. The SMILES string of the molecule is COc1cc([C@H]2[C@H](C(=O)c3ccccc3)N3c4ccc(Cl)cc4C=C[C@H]3C2(C#N)C#N)cc(OC)c1OC. The lowest BCUT2D eigenvalue weighted by Gasteiger charge is -2.35. The smallest absolute Gasteiger partial charge is 0.203 e. The lowest BCUT2D eigenvalue weighted by atomic mass is 9.69. The Morgan fingerprint density at radius 3 is 2.18 bits per heavy atom. The van der Waals surface area contributed by atoms with Crippen LogP contribution in [0.3, 0.4) is 0 Å². The van der Waals surface area contributed by atoms with E-state index in [9.17, 15) is 15.3 Å². The van der Waals surface area contributed by atoms with Crippen LogP contribution in [0, 0.1) is 28.1 Å². The van der Waals surface area contributed by atoms with Gasteiger partial charge in [-0.05, 0) is 41.5 Å². The second kappa shape index (κ2) is 9.78. The molecule has 0 N–H and O–H groups in total. The van der Waals surface area contributed by atoms with Gasteiger partial charge in [0.2, 0.25) is 5.75 Å². The second-order valence-electron chi connectivity index (χ2n) is 9.12. The molecule has 2 aliphatic rings. The first kappa shape index (κ1) is 25.2. The topological polar surface area (TPSA) is 95.6 Å². The molecule has 0 spiro atoms. The van der Waals surface area contributed by atoms with Crippen LogP contribution in [0.25, 0.3) is 6.08 Å². The third kappa shape index (κ3) is 3.67. The van der Waals surface area contributed by atoms with Crippen LogP contribution >= 0.6 is 11.6 Å². The van der Waals surface area contributed by atoms with E-state index in [1.807, 2.05) is 29.2 Å². The van der Waals surface area contributed by atoms with E-state index in [0.717, 1.165) is 11.3 Å². The molecule has 2 aliphatic heterocycles. The molecule has 0 aromatic heterocycles. The van der Waals surface area contributed by atoms with Crippen LogP contribution in [0.5, 0.6) is 17.2 Å². The monoisotopic (exact) mass is 525 g/mol. The molecule has 8 heteroatoms. The van der Waals surface area contributed by atoms with Crippen LogP contribution in [-0.2, 0) is 0 Å². The van der Waals surface area contributed by atoms with Gasteiger partial charge in [-0.2, -0.15) is 10.5 Å². The number of hydrogen-bond acceptors (Lipinski definition) is 7. The lowest BCUT2D eigenvalue weighted by Crippen LogP contribution is -2.44. The molecule has 1 fully saturated rings. The zero-order valence-electron chi connectivity index (χ0n) is 21.0. The third-order valence-electron chi connectivity index (χ3n) is 7.34. The average Bonchev–Trinajstić information content (AvgIpc) is 3.27. The van der Waals surface area contributed by atoms with Crippen LogP contribution in [-0.4, -0.2) is 39.2 Å². The number of hydrogen-bond donors (Lipinski definition) is 0. The fourth-order valence-electron chi connectivity index (χ4n) is 5.69. The van der Waals surface area contributed by atoms with Crippen molar-refractivity contribution in [3.63, 3.8) is 0 Å². The number of nitriles is 2. The molecule has 5 rings (SSSR count). The van der Waals surface area contributed by atoms with Crippen LogP contribution < -0.4 is 19.1 Å². The van der Waals surface area contributed by atoms with Gasteiger partial charge in [-0.25, -0.2) is 0 Å². The minimum Gasteiger partial charge on any atom is -0.493 e. The summed E-state index contributed by atoms with van der Waals surface area (Å²) in [6, 6.07) is 20.7. The van der Waals surface area contributed by atoms with Crippen molar-refractivity contribution in [1.29, 1.82) is 10.5 Å². The summed E-state index contributed by atoms with van der Waals surface area (Å²) in [5.74, 6) is 0.0307. The molecule has 0 bridgehead atoms. The van der Waals surface area contributed by atoms with Crippen molar-refractivity contribution >= 4 is 29.1 Å². The fraction of sp³-hybridized carbons (Fsp3) is 0.233. The molecule has 0 radical (unpaired) electrons. The van der Waals surface area contributed by atoms with Crippen molar-refractivity contribution in [2.45, 2.75) is 18.0 Å². The summed E-state index contributed by atoms with van der Waals surface area (Å²) in [4.78, 5) is 16.2. The Morgan fingerprint density at radius 2 is 1.61 bits per heavy atom. The number of ketones is 1. The normalized spacial score (nSPS) is 20.5. The largest absolute Gasteiger partial charge is 0.493 e. The Morgan fingerprint density at radius 1 is 0.947 bits per heavy atom. The number of nitrogens with zero attached hydrogens (tertiary/aromatic N) is 3. The number of methoxy groups -OCH3 is 3. The molecule has 3 aromatic rings. The minimum absolute atomic E-state index is 0.210. The van der Waals surface area contributed by atoms with Crippen LogP contribution in [0.2, 0.25) is 5.02 Å². The van der Waals surface area contributed by atoms with Crippen LogP contribution in [0.4, 0.5) is 5.69 Å². The van der Waals surface area contributed by atoms with Gasteiger partial charge in [-0.15, -0.1) is 0 Å². The molecule has 0 amide bonds. The van der Waals surface area contributed by atoms with Gasteiger partial charge in [0.15, 0.2) is 22.7 Å². The summed E-state index contributed by atoms with van der Waals surface area (Å²) in [7, 11) is 4.49. The van der Waals surface area contributed by atoms with Crippen molar-refractivity contribution in [3.8, 4) is 29.4 Å². The summed E-state index contributed by atoms with van der Waals surface area (Å²) in [5, 5.41) is 21.8. The van der Waals surface area contributed by atoms with Crippen molar-refractivity contribution in [1.82, 2.24) is 0 Å². The standard InChI is InChI=1S/C30H24ClN3O4/c1-36-23-14-20(15-24(37-2)29(23)38-3)26-27(28(35)18-7-5-4-6-8-18)34-22-11-10-21(31)13-19(22)9-12-25(34)30(26,16-32)17-33/h4-15,25-27H,1-3H3/t25-,26-,27+/m0/s1. The Balaban J connectivity index is 1.82. The van der Waals surface area contributed by atoms with E-state index in [0.29, 0.717) is 33.4 Å². The molecule has 3 aromatic carbocycles. The van der Waals surface area contributed by atoms with Gasteiger partial charge in [-0.3, -0.25) is 4.79 Å². The van der Waals surface area contributed by atoms with Gasteiger partial charge in [0.05, 0.1) is 39.5 Å². The van der Waals surface area contributed by atoms with Gasteiger partial charge < -0.3 is 19.1 Å². The average molecular weight is 526 g/mol. The summed E-state index contributed by atoms with van der Waals surface area (Å²) < 4.78 is 16.7. The zero-order chi connectivity index (χ0) is 27.0. The molecular weight excluding hydrogens is 502 g/mol. The van der Waals surface area contributed by atoms with Crippen molar-refractivity contribution in [3.05, 3.63) is 88.5 Å². The second-order valence-corrected chi connectivity index (χ2v) is 9.55. The molecule has 3 atom stereocenters. The molecular formula is C30H24ClN3O4. The van der Waals surface area contributed by atoms with Gasteiger partial charge in [0.1, 0.15) is 6.04 Å². The number of Topliss-reactive ketones (excluding diaryl/α,β-unsaturated/α-hetero) is 1. The predicted octanol–water partition coefficient (Wildman–Crippen LogP) is 5.65. The number of halogens is 1. The third-order valence-corrected chi connectivity index (χ3v) is 7.58. The van der Waals surface area contributed by atoms with Crippen LogP contribution in [0.1, 0.15) is 27.4 Å². The van der Waals surface area contributed by atoms with Crippen molar-refractivity contribution in [2.24, 2.45) is 5.41 Å². The van der Waals surface area contributed by atoms with Crippen molar-refractivity contribution in [2.75, 3.05) is 26.2 Å². The van der Waals surface area contributed by atoms with E-state index in [1.165, 1.54) is 21.3 Å². The van der Waals surface area contributed by atoms with Gasteiger partial charge in [0.25, 0.3) is 0 Å². The lowest BCUT2D eigenvalue weighted by molar-refractivity contribution is 0.0950. The first-order valence-electron chi connectivity index (χ1n) is 11.9. The van der Waals surface area contributed by atoms with E-state index in [-0.39, 0.29) is 5.78 Å². The number of carbonyl (C=O) groups excluding carboxylic acids is 1. The summed E-state index contributed by atoms with van der Waals surface area (Å²) in [6.07, 6.45) is 3.67. The Hall–Kier alpha value is -4.46. The number of anilines is 1. The Labute approximate surface area is 226 Å². The minimum atomic E-state index is -1.62. The van der Waals surface area contributed by atoms with E-state index < -0.39 is 23.4 Å². The Bertz CT molecular complexity index is 1480. The fourth-order valence-corrected chi connectivity index (χ4v) is 5.87. The number of ether oxygens (including phenoxy) is 3. The van der Waals surface area contributed by atoms with Gasteiger partial charge in [-0.1, -0.05) is 54.1 Å². The van der Waals surface area contributed by atoms with E-state index in [2.05, 4.69) is 12.1 Å². The first-order chi connectivity index (χ1) is 18.4. The number of benzene rings is 3. The maximum Gasteiger partial charge on any atom is 0.203 e. The highest BCUT2D eigenvalue weighted by molar-refractivity contribution is 6.30.